The highest BCUT2D eigenvalue weighted by molar-refractivity contribution is 5.79. The number of carboxylic acid groups (broad SMARTS) is 1. The third-order valence-corrected chi connectivity index (χ3v) is 4.07. The van der Waals surface area contributed by atoms with E-state index < -0.39 is 16.9 Å². The van der Waals surface area contributed by atoms with Crippen LogP contribution in [0, 0.1) is 11.3 Å². The highest BCUT2D eigenvalue weighted by atomic mass is 16.4. The molecule has 0 bridgehead atoms. The van der Waals surface area contributed by atoms with E-state index in [9.17, 15) is 14.7 Å². The van der Waals surface area contributed by atoms with Gasteiger partial charge in [0.15, 0.2) is 0 Å². The van der Waals surface area contributed by atoms with Gasteiger partial charge < -0.3 is 15.7 Å². The topological polar surface area (TPSA) is 78.4 Å². The average molecular weight is 256 g/mol. The third kappa shape index (κ3) is 3.70. The van der Waals surface area contributed by atoms with E-state index in [1.165, 1.54) is 12.8 Å². The molecule has 18 heavy (non-hydrogen) atoms. The van der Waals surface area contributed by atoms with Crippen molar-refractivity contribution >= 4 is 11.9 Å². The maximum atomic E-state index is 11.6. The number of carboxylic acids is 1. The van der Waals surface area contributed by atoms with Gasteiger partial charge in [-0.15, -0.1) is 0 Å². The predicted octanol–water partition coefficient (Wildman–Crippen LogP) is 0.992. The van der Waals surface area contributed by atoms with E-state index in [1.807, 2.05) is 0 Å². The van der Waals surface area contributed by atoms with Gasteiger partial charge in [-0.05, 0) is 46.5 Å². The summed E-state index contributed by atoms with van der Waals surface area (Å²) in [6.45, 7) is 7.80. The molecule has 104 valence electrons. The van der Waals surface area contributed by atoms with Crippen molar-refractivity contribution in [2.45, 2.75) is 46.1 Å². The van der Waals surface area contributed by atoms with Gasteiger partial charge in [0.25, 0.3) is 0 Å². The van der Waals surface area contributed by atoms with Crippen LogP contribution < -0.4 is 10.6 Å². The van der Waals surface area contributed by atoms with Gasteiger partial charge in [-0.2, -0.15) is 0 Å². The molecule has 0 unspecified atom stereocenters. The lowest BCUT2D eigenvalue weighted by Gasteiger charge is -2.38. The van der Waals surface area contributed by atoms with Crippen molar-refractivity contribution < 1.29 is 14.7 Å². The number of rotatable bonds is 7. The van der Waals surface area contributed by atoms with E-state index in [2.05, 4.69) is 10.6 Å². The number of nitrogens with one attached hydrogen (secondary N) is 2. The second-order valence-electron chi connectivity index (χ2n) is 6.16. The predicted molar refractivity (Wildman–Crippen MR) is 69.2 cm³/mol. The van der Waals surface area contributed by atoms with Crippen LogP contribution in [0.1, 0.15) is 40.5 Å². The summed E-state index contributed by atoms with van der Waals surface area (Å²) in [7, 11) is 0. The van der Waals surface area contributed by atoms with Crippen molar-refractivity contribution in [2.75, 3.05) is 13.1 Å². The molecule has 0 spiro atoms. The van der Waals surface area contributed by atoms with Crippen LogP contribution in [-0.2, 0) is 9.59 Å². The van der Waals surface area contributed by atoms with Crippen LogP contribution in [0.4, 0.5) is 0 Å². The minimum absolute atomic E-state index is 0.0730. The molecule has 1 fully saturated rings. The lowest BCUT2D eigenvalue weighted by atomic mass is 9.74. The summed E-state index contributed by atoms with van der Waals surface area (Å²) >= 11 is 0. The molecule has 1 saturated carbocycles. The Bertz CT molecular complexity index is 333. The molecule has 0 heterocycles. The standard InChI is InChI=1S/C13H24N2O3/c1-12(2,11(17)18)13(3,4)15-8-10(16)14-7-9-5-6-9/h9,15H,5-8H2,1-4H3,(H,14,16)(H,17,18). The second kappa shape index (κ2) is 5.26. The zero-order valence-corrected chi connectivity index (χ0v) is 11.7. The van der Waals surface area contributed by atoms with E-state index in [1.54, 1.807) is 27.7 Å². The molecule has 0 aromatic rings. The van der Waals surface area contributed by atoms with Gasteiger partial charge in [0, 0.05) is 12.1 Å². The lowest BCUT2D eigenvalue weighted by Crippen LogP contribution is -2.57. The molecule has 0 aromatic heterocycles. The SMILES string of the molecule is CC(C)(NCC(=O)NCC1CC1)C(C)(C)C(=O)O. The molecule has 1 aliphatic rings. The van der Waals surface area contributed by atoms with Crippen molar-refractivity contribution in [3.63, 3.8) is 0 Å². The first-order chi connectivity index (χ1) is 8.17. The Morgan fingerprint density at radius 1 is 1.22 bits per heavy atom. The first-order valence-corrected chi connectivity index (χ1v) is 6.42. The minimum Gasteiger partial charge on any atom is -0.481 e. The smallest absolute Gasteiger partial charge is 0.310 e. The van der Waals surface area contributed by atoms with Crippen LogP contribution in [0.25, 0.3) is 0 Å². The van der Waals surface area contributed by atoms with E-state index in [0.29, 0.717) is 5.92 Å². The fourth-order valence-electron chi connectivity index (χ4n) is 1.43. The molecule has 5 nitrogen and oxygen atoms in total. The Hall–Kier alpha value is -1.10. The van der Waals surface area contributed by atoms with Crippen molar-refractivity contribution in [3.05, 3.63) is 0 Å². The van der Waals surface area contributed by atoms with Gasteiger partial charge in [0.1, 0.15) is 0 Å². The van der Waals surface area contributed by atoms with Crippen molar-refractivity contribution in [2.24, 2.45) is 11.3 Å². The second-order valence-corrected chi connectivity index (χ2v) is 6.16. The monoisotopic (exact) mass is 256 g/mol. The summed E-state index contributed by atoms with van der Waals surface area (Å²) in [5, 5.41) is 15.1. The fourth-order valence-corrected chi connectivity index (χ4v) is 1.43. The largest absolute Gasteiger partial charge is 0.481 e. The molecule has 1 amide bonds. The highest BCUT2D eigenvalue weighted by Gasteiger charge is 2.43. The first-order valence-electron chi connectivity index (χ1n) is 6.42. The maximum Gasteiger partial charge on any atom is 0.310 e. The normalized spacial score (nSPS) is 16.4. The molecule has 0 saturated heterocycles. The molecule has 0 aromatic carbocycles. The number of aliphatic carboxylic acids is 1. The Morgan fingerprint density at radius 2 is 1.78 bits per heavy atom. The number of amides is 1. The van der Waals surface area contributed by atoms with E-state index in [-0.39, 0.29) is 12.5 Å². The Labute approximate surface area is 108 Å². The zero-order chi connectivity index (χ0) is 14.0. The summed E-state index contributed by atoms with van der Waals surface area (Å²) in [5.41, 5.74) is -1.60. The van der Waals surface area contributed by atoms with E-state index >= 15 is 0 Å². The maximum absolute atomic E-state index is 11.6. The Kier molecular flexibility index (Phi) is 4.37. The molecule has 1 aliphatic carbocycles. The quantitative estimate of drug-likeness (QED) is 0.635. The Morgan fingerprint density at radius 3 is 2.22 bits per heavy atom. The molecule has 0 atom stereocenters. The summed E-state index contributed by atoms with van der Waals surface area (Å²) in [6.07, 6.45) is 2.40. The number of hydrogen-bond donors (Lipinski definition) is 3. The van der Waals surface area contributed by atoms with Crippen LogP contribution in [-0.4, -0.2) is 35.6 Å². The van der Waals surface area contributed by atoms with E-state index in [0.717, 1.165) is 6.54 Å². The van der Waals surface area contributed by atoms with Gasteiger partial charge >= 0.3 is 5.97 Å². The number of carbonyl (C=O) groups is 2. The average Bonchev–Trinajstić information content (AvgIpc) is 3.06. The molecule has 1 rings (SSSR count). The van der Waals surface area contributed by atoms with E-state index in [4.69, 9.17) is 0 Å². The van der Waals surface area contributed by atoms with Crippen molar-refractivity contribution in [1.82, 2.24) is 10.6 Å². The van der Waals surface area contributed by atoms with Gasteiger partial charge in [0.05, 0.1) is 12.0 Å². The minimum atomic E-state index is -0.941. The fraction of sp³-hybridized carbons (Fsp3) is 0.846. The van der Waals surface area contributed by atoms with Crippen LogP contribution in [0.2, 0.25) is 0 Å². The van der Waals surface area contributed by atoms with Crippen LogP contribution in [0.3, 0.4) is 0 Å². The summed E-state index contributed by atoms with van der Waals surface area (Å²) in [4.78, 5) is 22.8. The molecule has 0 aliphatic heterocycles. The lowest BCUT2D eigenvalue weighted by molar-refractivity contribution is -0.151. The molecular formula is C13H24N2O3. The number of hydrogen-bond acceptors (Lipinski definition) is 3. The molecule has 5 heteroatoms. The molecule has 0 radical (unpaired) electrons. The van der Waals surface area contributed by atoms with Gasteiger partial charge in [0.2, 0.25) is 5.91 Å². The van der Waals surface area contributed by atoms with Gasteiger partial charge in [-0.1, -0.05) is 0 Å². The first kappa shape index (κ1) is 15.0. The third-order valence-electron chi connectivity index (χ3n) is 4.07. The van der Waals surface area contributed by atoms with Crippen LogP contribution >= 0.6 is 0 Å². The van der Waals surface area contributed by atoms with Crippen LogP contribution in [0.5, 0.6) is 0 Å². The van der Waals surface area contributed by atoms with Gasteiger partial charge in [-0.3, -0.25) is 9.59 Å². The molecular weight excluding hydrogens is 232 g/mol. The van der Waals surface area contributed by atoms with Crippen molar-refractivity contribution in [3.8, 4) is 0 Å². The molecule has 3 N–H and O–H groups in total. The Balaban J connectivity index is 2.39. The highest BCUT2D eigenvalue weighted by Crippen LogP contribution is 2.30. The summed E-state index contributed by atoms with van der Waals surface area (Å²) in [6, 6.07) is 0. The number of carbonyl (C=O) groups excluding carboxylic acids is 1. The van der Waals surface area contributed by atoms with Crippen molar-refractivity contribution in [1.29, 1.82) is 0 Å². The summed E-state index contributed by atoms with van der Waals surface area (Å²) in [5.74, 6) is -0.299. The van der Waals surface area contributed by atoms with Gasteiger partial charge in [-0.25, -0.2) is 0 Å². The zero-order valence-electron chi connectivity index (χ0n) is 11.7. The van der Waals surface area contributed by atoms with Crippen LogP contribution in [0.15, 0.2) is 0 Å². The summed E-state index contributed by atoms with van der Waals surface area (Å²) < 4.78 is 0.